The fourth-order valence-electron chi connectivity index (χ4n) is 1.55. The zero-order chi connectivity index (χ0) is 16.0. The Bertz CT molecular complexity index is 660. The first-order chi connectivity index (χ1) is 9.74. The van der Waals surface area contributed by atoms with Gasteiger partial charge in [0.1, 0.15) is 6.54 Å². The number of aliphatic carboxylic acids is 1. The third-order valence-electron chi connectivity index (χ3n) is 2.47. The molecule has 0 unspecified atom stereocenters. The number of nitrogens with zero attached hydrogens (tertiary/aromatic N) is 2. The van der Waals surface area contributed by atoms with E-state index in [-0.39, 0.29) is 0 Å². The van der Waals surface area contributed by atoms with E-state index in [1.54, 1.807) is 0 Å². The number of hydrogen-bond acceptors (Lipinski definition) is 5. The number of sulfonamides is 1. The number of carbonyl (C=O) groups excluding carboxylic acids is 1. The monoisotopic (exact) mass is 311 g/mol. The van der Waals surface area contributed by atoms with Gasteiger partial charge in [-0.15, -0.1) is 0 Å². The topological polar surface area (TPSA) is 142 Å². The lowest BCUT2D eigenvalue weighted by atomic mass is 10.2. The van der Waals surface area contributed by atoms with Crippen LogP contribution in [0.25, 0.3) is 0 Å². The highest BCUT2D eigenvalue weighted by atomic mass is 32.2. The quantitative estimate of drug-likeness (QED) is 0.679. The summed E-state index contributed by atoms with van der Waals surface area (Å²) < 4.78 is 24.7. The number of amides is 1. The highest BCUT2D eigenvalue weighted by molar-refractivity contribution is 7.88. The first-order valence-electron chi connectivity index (χ1n) is 5.71. The van der Waals surface area contributed by atoms with Crippen molar-refractivity contribution in [1.29, 1.82) is 5.26 Å². The largest absolute Gasteiger partial charge is 0.480 e. The molecule has 112 valence electrons. The van der Waals surface area contributed by atoms with E-state index in [2.05, 4.69) is 0 Å². The molecule has 0 saturated carbocycles. The van der Waals surface area contributed by atoms with Gasteiger partial charge < -0.3 is 10.8 Å². The number of carboxylic acid groups (broad SMARTS) is 1. The first-order valence-corrected chi connectivity index (χ1v) is 7.32. The van der Waals surface area contributed by atoms with Crippen LogP contribution in [0.2, 0.25) is 0 Å². The van der Waals surface area contributed by atoms with E-state index in [1.807, 2.05) is 6.07 Å². The Morgan fingerprint density at radius 2 is 1.81 bits per heavy atom. The number of benzene rings is 1. The Labute approximate surface area is 121 Å². The van der Waals surface area contributed by atoms with Crippen LogP contribution in [0.4, 0.5) is 0 Å². The van der Waals surface area contributed by atoms with Gasteiger partial charge in [0.25, 0.3) is 0 Å². The van der Waals surface area contributed by atoms with Crippen molar-refractivity contribution >= 4 is 21.9 Å². The Hall–Kier alpha value is -2.44. The highest BCUT2D eigenvalue weighted by Crippen LogP contribution is 2.12. The molecule has 0 atom stereocenters. The van der Waals surface area contributed by atoms with Crippen LogP contribution in [-0.4, -0.2) is 42.8 Å². The van der Waals surface area contributed by atoms with Crippen LogP contribution in [0.3, 0.4) is 0 Å². The molecule has 3 N–H and O–H groups in total. The molecule has 9 heteroatoms. The Morgan fingerprint density at radius 1 is 1.24 bits per heavy atom. The van der Waals surface area contributed by atoms with Crippen molar-refractivity contribution in [3.8, 4) is 6.07 Å². The van der Waals surface area contributed by atoms with Crippen molar-refractivity contribution in [3.05, 3.63) is 35.4 Å². The molecular formula is C12H13N3O5S. The van der Waals surface area contributed by atoms with Gasteiger partial charge in [0.05, 0.1) is 23.9 Å². The normalized spacial score (nSPS) is 11.0. The van der Waals surface area contributed by atoms with Crippen LogP contribution in [0.15, 0.2) is 24.3 Å². The molecule has 0 aliphatic carbocycles. The number of hydrogen-bond donors (Lipinski definition) is 2. The van der Waals surface area contributed by atoms with E-state index in [0.29, 0.717) is 15.4 Å². The van der Waals surface area contributed by atoms with Crippen molar-refractivity contribution in [2.45, 2.75) is 5.75 Å². The molecule has 0 aliphatic rings. The van der Waals surface area contributed by atoms with Crippen molar-refractivity contribution in [2.75, 3.05) is 13.1 Å². The Balaban J connectivity index is 2.96. The summed E-state index contributed by atoms with van der Waals surface area (Å²) in [4.78, 5) is 21.5. The first kappa shape index (κ1) is 16.6. The fraction of sp³-hybridized carbons (Fsp3) is 0.250. The lowest BCUT2D eigenvalue weighted by molar-refractivity contribution is -0.137. The number of nitriles is 1. The molecule has 0 spiro atoms. The minimum absolute atomic E-state index is 0.369. The summed E-state index contributed by atoms with van der Waals surface area (Å²) in [5.74, 6) is -2.82. The van der Waals surface area contributed by atoms with E-state index >= 15 is 0 Å². The van der Waals surface area contributed by atoms with Crippen LogP contribution < -0.4 is 5.73 Å². The lowest BCUT2D eigenvalue weighted by Gasteiger charge is -2.18. The molecule has 0 saturated heterocycles. The van der Waals surface area contributed by atoms with Crippen LogP contribution in [0.5, 0.6) is 0 Å². The summed E-state index contributed by atoms with van der Waals surface area (Å²) in [5, 5.41) is 17.4. The summed E-state index contributed by atoms with van der Waals surface area (Å²) in [6, 6.07) is 7.67. The predicted octanol–water partition coefficient (Wildman–Crippen LogP) is -0.740. The summed E-state index contributed by atoms with van der Waals surface area (Å²) >= 11 is 0. The smallest absolute Gasteiger partial charge is 0.318 e. The maximum absolute atomic E-state index is 12.1. The molecule has 1 amide bonds. The molecule has 0 aliphatic heterocycles. The molecule has 1 aromatic rings. The number of rotatable bonds is 7. The van der Waals surface area contributed by atoms with Gasteiger partial charge in [-0.1, -0.05) is 12.1 Å². The van der Waals surface area contributed by atoms with Crippen LogP contribution in [-0.2, 0) is 25.4 Å². The third-order valence-corrected chi connectivity index (χ3v) is 4.21. The molecule has 1 rings (SSSR count). The summed E-state index contributed by atoms with van der Waals surface area (Å²) in [6.07, 6.45) is 0. The van der Waals surface area contributed by atoms with Crippen LogP contribution in [0, 0.1) is 11.3 Å². The average Bonchev–Trinajstić information content (AvgIpc) is 2.37. The van der Waals surface area contributed by atoms with E-state index in [0.717, 1.165) is 0 Å². The van der Waals surface area contributed by atoms with Gasteiger partial charge in [0.2, 0.25) is 15.9 Å². The highest BCUT2D eigenvalue weighted by Gasteiger charge is 2.26. The number of primary amides is 1. The maximum Gasteiger partial charge on any atom is 0.318 e. The number of nitrogens with two attached hydrogens (primary N) is 1. The van der Waals surface area contributed by atoms with Crippen molar-refractivity contribution in [1.82, 2.24) is 4.31 Å². The second-order valence-corrected chi connectivity index (χ2v) is 6.16. The van der Waals surface area contributed by atoms with E-state index < -0.39 is 40.7 Å². The summed E-state index contributed by atoms with van der Waals surface area (Å²) in [7, 11) is -4.02. The van der Waals surface area contributed by atoms with E-state index in [9.17, 15) is 18.0 Å². The molecule has 21 heavy (non-hydrogen) atoms. The zero-order valence-electron chi connectivity index (χ0n) is 10.9. The molecule has 0 heterocycles. The summed E-state index contributed by atoms with van der Waals surface area (Å²) in [6.45, 7) is -1.55. The van der Waals surface area contributed by atoms with Crippen molar-refractivity contribution in [2.24, 2.45) is 5.73 Å². The molecule has 1 aromatic carbocycles. The zero-order valence-corrected chi connectivity index (χ0v) is 11.7. The molecule has 0 radical (unpaired) electrons. The van der Waals surface area contributed by atoms with Gasteiger partial charge in [-0.05, 0) is 17.7 Å². The van der Waals surface area contributed by atoms with Gasteiger partial charge in [-0.2, -0.15) is 9.57 Å². The SMILES string of the molecule is N#Cc1ccc(CS(=O)(=O)N(CC(N)=O)CC(=O)O)cc1. The van der Waals surface area contributed by atoms with Gasteiger partial charge in [-0.3, -0.25) is 9.59 Å². The lowest BCUT2D eigenvalue weighted by Crippen LogP contribution is -2.42. The van der Waals surface area contributed by atoms with E-state index in [4.69, 9.17) is 16.1 Å². The molecule has 8 nitrogen and oxygen atoms in total. The van der Waals surface area contributed by atoms with Gasteiger partial charge in [0.15, 0.2) is 0 Å². The Morgan fingerprint density at radius 3 is 2.24 bits per heavy atom. The van der Waals surface area contributed by atoms with Gasteiger partial charge in [0, 0.05) is 0 Å². The minimum Gasteiger partial charge on any atom is -0.480 e. The van der Waals surface area contributed by atoms with E-state index in [1.165, 1.54) is 24.3 Å². The van der Waals surface area contributed by atoms with Gasteiger partial charge in [-0.25, -0.2) is 8.42 Å². The minimum atomic E-state index is -4.02. The number of carboxylic acids is 1. The van der Waals surface area contributed by atoms with Crippen molar-refractivity contribution in [3.63, 3.8) is 0 Å². The second kappa shape index (κ2) is 6.83. The van der Waals surface area contributed by atoms with Gasteiger partial charge >= 0.3 is 5.97 Å². The second-order valence-electron chi connectivity index (χ2n) is 4.19. The third kappa shape index (κ3) is 5.21. The molecule has 0 bridgehead atoms. The van der Waals surface area contributed by atoms with Crippen molar-refractivity contribution < 1.29 is 23.1 Å². The predicted molar refractivity (Wildman–Crippen MR) is 72.2 cm³/mol. The fourth-order valence-corrected chi connectivity index (χ4v) is 2.98. The van der Waals surface area contributed by atoms with Crippen LogP contribution >= 0.6 is 0 Å². The summed E-state index contributed by atoms with van der Waals surface area (Å²) in [5.41, 5.74) is 5.66. The molecule has 0 aromatic heterocycles. The van der Waals surface area contributed by atoms with Crippen LogP contribution in [0.1, 0.15) is 11.1 Å². The molecule has 0 fully saturated rings. The Kier molecular flexibility index (Phi) is 5.40. The average molecular weight is 311 g/mol. The standard InChI is InChI=1S/C12H13N3O5S/c13-5-9-1-3-10(4-2-9)8-21(19,20)15(6-11(14)16)7-12(17)18/h1-4H,6-8H2,(H2,14,16)(H,17,18). The molecular weight excluding hydrogens is 298 g/mol. The maximum atomic E-state index is 12.1. The number of carbonyl (C=O) groups is 2.